The molecule has 0 aliphatic heterocycles. The van der Waals surface area contributed by atoms with Gasteiger partial charge in [-0.1, -0.05) is 60.1 Å². The third-order valence-electron chi connectivity index (χ3n) is 13.3. The Morgan fingerprint density at radius 2 is 1.55 bits per heavy atom. The molecule has 1 nitrogen and oxygen atoms in total. The first-order valence-electron chi connectivity index (χ1n) is 14.5. The van der Waals surface area contributed by atoms with Gasteiger partial charge in [-0.3, -0.25) is 0 Å². The molecule has 0 aromatic heterocycles. The van der Waals surface area contributed by atoms with E-state index in [-0.39, 0.29) is 0 Å². The van der Waals surface area contributed by atoms with Crippen molar-refractivity contribution in [2.75, 3.05) is 0 Å². The Morgan fingerprint density at radius 3 is 2.18 bits per heavy atom. The van der Waals surface area contributed by atoms with Crippen LogP contribution in [-0.4, -0.2) is 10.7 Å². The molecule has 1 heteroatoms. The van der Waals surface area contributed by atoms with Gasteiger partial charge >= 0.3 is 0 Å². The molecule has 4 aliphatic rings. The second kappa shape index (κ2) is 8.11. The first-order valence-corrected chi connectivity index (χ1v) is 14.5. The quantitative estimate of drug-likeness (QED) is 0.418. The standard InChI is InChI=1S/C32H56O/c1-21(2)12-11-16-32(10,33)24-14-18-31(9)27(24)22(3)20-26-29(7)17-13-23(4)28(5,6)25(29)15-19-30(26,31)8/h12,22-27,33H,11,13-20H2,1-10H3/t22?,23-,24?,25?,26?,27?,29-,30+,31+,32-/m0/s1. The number of hydrogen-bond acceptors (Lipinski definition) is 1. The summed E-state index contributed by atoms with van der Waals surface area (Å²) in [7, 11) is 0. The highest BCUT2D eigenvalue weighted by molar-refractivity contribution is 5.19. The summed E-state index contributed by atoms with van der Waals surface area (Å²) in [5.74, 6) is 4.37. The Hall–Kier alpha value is -0.300. The summed E-state index contributed by atoms with van der Waals surface area (Å²) < 4.78 is 0. The number of rotatable bonds is 4. The topological polar surface area (TPSA) is 20.2 Å². The van der Waals surface area contributed by atoms with Crippen LogP contribution in [0.5, 0.6) is 0 Å². The smallest absolute Gasteiger partial charge is 0.0653 e. The van der Waals surface area contributed by atoms with Crippen molar-refractivity contribution in [2.45, 2.75) is 133 Å². The summed E-state index contributed by atoms with van der Waals surface area (Å²) >= 11 is 0. The van der Waals surface area contributed by atoms with Gasteiger partial charge in [0.2, 0.25) is 0 Å². The molecule has 0 saturated heterocycles. The van der Waals surface area contributed by atoms with E-state index in [1.165, 1.54) is 50.5 Å². The lowest BCUT2D eigenvalue weighted by molar-refractivity contribution is -0.228. The molecule has 33 heavy (non-hydrogen) atoms. The second-order valence-electron chi connectivity index (χ2n) is 15.3. The minimum absolute atomic E-state index is 0.363. The van der Waals surface area contributed by atoms with Crippen LogP contribution in [0.2, 0.25) is 0 Å². The van der Waals surface area contributed by atoms with E-state index in [4.69, 9.17) is 0 Å². The molecule has 10 atom stereocenters. The fraction of sp³-hybridized carbons (Fsp3) is 0.938. The maximum atomic E-state index is 11.8. The van der Waals surface area contributed by atoms with Gasteiger partial charge in [-0.15, -0.1) is 0 Å². The van der Waals surface area contributed by atoms with Gasteiger partial charge in [0.15, 0.2) is 0 Å². The van der Waals surface area contributed by atoms with Crippen molar-refractivity contribution >= 4 is 0 Å². The maximum Gasteiger partial charge on any atom is 0.0653 e. The highest BCUT2D eigenvalue weighted by atomic mass is 16.3. The fourth-order valence-corrected chi connectivity index (χ4v) is 10.9. The van der Waals surface area contributed by atoms with Crippen LogP contribution < -0.4 is 0 Å². The molecule has 0 amide bonds. The van der Waals surface area contributed by atoms with E-state index in [0.29, 0.717) is 39.4 Å². The average Bonchev–Trinajstić information content (AvgIpc) is 3.08. The summed E-state index contributed by atoms with van der Waals surface area (Å²) in [4.78, 5) is 0. The van der Waals surface area contributed by atoms with Crippen LogP contribution >= 0.6 is 0 Å². The van der Waals surface area contributed by atoms with Crippen molar-refractivity contribution in [3.8, 4) is 0 Å². The summed E-state index contributed by atoms with van der Waals surface area (Å²) in [6.45, 7) is 24.9. The van der Waals surface area contributed by atoms with Crippen LogP contribution in [0.1, 0.15) is 127 Å². The first-order chi connectivity index (χ1) is 15.1. The van der Waals surface area contributed by atoms with Crippen molar-refractivity contribution in [1.29, 1.82) is 0 Å². The van der Waals surface area contributed by atoms with Gasteiger partial charge in [-0.05, 0) is 136 Å². The zero-order valence-corrected chi connectivity index (χ0v) is 23.9. The molecule has 0 aromatic rings. The van der Waals surface area contributed by atoms with Crippen LogP contribution in [0.4, 0.5) is 0 Å². The SMILES string of the molecule is CC(C)=CCC[C@](C)(O)C1CC[C@]2(C)C1C(C)CC1[C@@]3(C)CC[C@H](C)C(C)(C)C3CC[C@]12C. The molecule has 1 N–H and O–H groups in total. The fourth-order valence-electron chi connectivity index (χ4n) is 10.9. The van der Waals surface area contributed by atoms with Gasteiger partial charge in [-0.25, -0.2) is 0 Å². The molecular formula is C32H56O. The van der Waals surface area contributed by atoms with Gasteiger partial charge in [0.25, 0.3) is 0 Å². The summed E-state index contributed by atoms with van der Waals surface area (Å²) in [5, 5.41) is 11.8. The Balaban J connectivity index is 1.66. The summed E-state index contributed by atoms with van der Waals surface area (Å²) in [5.41, 5.74) is 2.55. The lowest BCUT2D eigenvalue weighted by Gasteiger charge is -2.71. The van der Waals surface area contributed by atoms with Gasteiger partial charge < -0.3 is 5.11 Å². The number of allylic oxidation sites excluding steroid dienone is 2. The van der Waals surface area contributed by atoms with E-state index >= 15 is 0 Å². The lowest BCUT2D eigenvalue weighted by Crippen LogP contribution is -2.64. The summed E-state index contributed by atoms with van der Waals surface area (Å²) in [6.07, 6.45) is 13.8. The van der Waals surface area contributed by atoms with Crippen molar-refractivity contribution < 1.29 is 5.11 Å². The number of fused-ring (bicyclic) bond motifs is 5. The van der Waals surface area contributed by atoms with E-state index < -0.39 is 5.60 Å². The molecule has 0 radical (unpaired) electrons. The van der Waals surface area contributed by atoms with Crippen molar-refractivity contribution in [3.63, 3.8) is 0 Å². The van der Waals surface area contributed by atoms with E-state index in [9.17, 15) is 5.11 Å². The zero-order chi connectivity index (χ0) is 24.6. The molecule has 4 saturated carbocycles. The zero-order valence-electron chi connectivity index (χ0n) is 23.9. The second-order valence-corrected chi connectivity index (χ2v) is 15.3. The van der Waals surface area contributed by atoms with Crippen LogP contribution in [0, 0.1) is 57.2 Å². The normalized spacial score (nSPS) is 50.5. The predicted octanol–water partition coefficient (Wildman–Crippen LogP) is 9.05. The van der Waals surface area contributed by atoms with Gasteiger partial charge in [-0.2, -0.15) is 0 Å². The molecule has 5 unspecified atom stereocenters. The molecule has 4 fully saturated rings. The highest BCUT2D eigenvalue weighted by Gasteiger charge is 2.70. The number of aliphatic hydroxyl groups is 1. The van der Waals surface area contributed by atoms with Gasteiger partial charge in [0, 0.05) is 0 Å². The van der Waals surface area contributed by atoms with Gasteiger partial charge in [0.05, 0.1) is 5.60 Å². The molecule has 0 bridgehead atoms. The largest absolute Gasteiger partial charge is 0.390 e. The third kappa shape index (κ3) is 3.64. The van der Waals surface area contributed by atoms with Crippen molar-refractivity contribution in [3.05, 3.63) is 11.6 Å². The highest BCUT2D eigenvalue weighted by Crippen LogP contribution is 2.77. The summed E-state index contributed by atoms with van der Waals surface area (Å²) in [6, 6.07) is 0. The van der Waals surface area contributed by atoms with E-state index in [1.807, 2.05) is 0 Å². The van der Waals surface area contributed by atoms with Crippen LogP contribution in [0.3, 0.4) is 0 Å². The van der Waals surface area contributed by atoms with Crippen molar-refractivity contribution in [2.24, 2.45) is 57.2 Å². The number of hydrogen-bond donors (Lipinski definition) is 1. The minimum atomic E-state index is -0.546. The average molecular weight is 457 g/mol. The third-order valence-corrected chi connectivity index (χ3v) is 13.3. The molecule has 0 aromatic carbocycles. The van der Waals surface area contributed by atoms with Crippen LogP contribution in [0.15, 0.2) is 11.6 Å². The molecule has 0 heterocycles. The van der Waals surface area contributed by atoms with E-state index in [2.05, 4.69) is 75.3 Å². The Morgan fingerprint density at radius 1 is 0.909 bits per heavy atom. The van der Waals surface area contributed by atoms with Crippen LogP contribution in [-0.2, 0) is 0 Å². The lowest BCUT2D eigenvalue weighted by atomic mass is 9.34. The molecular weight excluding hydrogens is 400 g/mol. The monoisotopic (exact) mass is 456 g/mol. The Bertz CT molecular complexity index is 771. The Labute approximate surface area is 206 Å². The molecule has 190 valence electrons. The molecule has 4 aliphatic carbocycles. The van der Waals surface area contributed by atoms with Crippen LogP contribution in [0.25, 0.3) is 0 Å². The first kappa shape index (κ1) is 25.8. The molecule has 4 rings (SSSR count). The van der Waals surface area contributed by atoms with E-state index in [1.54, 1.807) is 0 Å². The van der Waals surface area contributed by atoms with Crippen molar-refractivity contribution in [1.82, 2.24) is 0 Å². The van der Waals surface area contributed by atoms with E-state index in [0.717, 1.165) is 30.6 Å². The predicted molar refractivity (Wildman–Crippen MR) is 142 cm³/mol. The maximum absolute atomic E-state index is 11.8. The van der Waals surface area contributed by atoms with Gasteiger partial charge in [0.1, 0.15) is 0 Å². The molecule has 0 spiro atoms. The minimum Gasteiger partial charge on any atom is -0.390 e. The Kier molecular flexibility index (Phi) is 6.34.